The first-order valence-corrected chi connectivity index (χ1v) is 13.5. The van der Waals surface area contributed by atoms with E-state index in [1.165, 1.54) is 0 Å². The van der Waals surface area contributed by atoms with E-state index in [0.717, 1.165) is 45.1 Å². The molecule has 0 N–H and O–H groups in total. The van der Waals surface area contributed by atoms with Gasteiger partial charge in [0, 0.05) is 26.4 Å². The summed E-state index contributed by atoms with van der Waals surface area (Å²) in [6.07, 6.45) is 6.54. The predicted octanol–water partition coefficient (Wildman–Crippen LogP) is 4.72. The zero-order valence-corrected chi connectivity index (χ0v) is 17.0. The number of hydrogen-bond donors (Lipinski definition) is 0. The van der Waals surface area contributed by atoms with Crippen molar-refractivity contribution in [3.8, 4) is 0 Å². The van der Waals surface area contributed by atoms with E-state index in [9.17, 15) is 0 Å². The van der Waals surface area contributed by atoms with Gasteiger partial charge >= 0.3 is 17.4 Å². The van der Waals surface area contributed by atoms with Crippen LogP contribution < -0.4 is 0 Å². The second-order valence-corrected chi connectivity index (χ2v) is 12.2. The van der Waals surface area contributed by atoms with Gasteiger partial charge in [-0.25, -0.2) is 0 Å². The van der Waals surface area contributed by atoms with Crippen molar-refractivity contribution in [2.45, 2.75) is 78.9 Å². The SMILES string of the molecule is CCCCO[Si](C)(C)O[Si](C)(OCCCC)OCCCC. The summed E-state index contributed by atoms with van der Waals surface area (Å²) in [6, 6.07) is 0. The average Bonchev–Trinajstić information content (AvgIpc) is 2.39. The Morgan fingerprint density at radius 2 is 1.00 bits per heavy atom. The van der Waals surface area contributed by atoms with Gasteiger partial charge in [-0.1, -0.05) is 40.0 Å². The van der Waals surface area contributed by atoms with Crippen LogP contribution in [0, 0.1) is 0 Å². The van der Waals surface area contributed by atoms with E-state index < -0.39 is 17.4 Å². The van der Waals surface area contributed by atoms with E-state index in [-0.39, 0.29) is 0 Å². The van der Waals surface area contributed by atoms with E-state index in [0.29, 0.717) is 13.2 Å². The highest BCUT2D eigenvalue weighted by molar-refractivity contribution is 6.76. The Morgan fingerprint density at radius 3 is 1.38 bits per heavy atom. The van der Waals surface area contributed by atoms with Crippen molar-refractivity contribution in [3.63, 3.8) is 0 Å². The molecule has 0 aromatic heterocycles. The van der Waals surface area contributed by atoms with Crippen LogP contribution in [0.5, 0.6) is 0 Å². The summed E-state index contributed by atoms with van der Waals surface area (Å²) < 4.78 is 24.3. The summed E-state index contributed by atoms with van der Waals surface area (Å²) in [7, 11) is -4.77. The third-order valence-electron chi connectivity index (χ3n) is 3.10. The Labute approximate surface area is 134 Å². The minimum Gasteiger partial charge on any atom is -0.395 e. The minimum absolute atomic E-state index is 0.713. The Kier molecular flexibility index (Phi) is 11.9. The fourth-order valence-electron chi connectivity index (χ4n) is 1.84. The Bertz CT molecular complexity index is 240. The molecular formula is C15H36O4Si2. The smallest absolute Gasteiger partial charge is 0.395 e. The summed E-state index contributed by atoms with van der Waals surface area (Å²) in [6.45, 7) is 14.9. The highest BCUT2D eigenvalue weighted by Gasteiger charge is 2.42. The van der Waals surface area contributed by atoms with Gasteiger partial charge in [0.2, 0.25) is 0 Å². The first kappa shape index (κ1) is 21.3. The van der Waals surface area contributed by atoms with E-state index in [1.54, 1.807) is 0 Å². The average molecular weight is 337 g/mol. The van der Waals surface area contributed by atoms with Crippen LogP contribution in [0.1, 0.15) is 59.3 Å². The molecule has 0 saturated carbocycles. The molecule has 0 rings (SSSR count). The molecule has 0 radical (unpaired) electrons. The third kappa shape index (κ3) is 11.5. The van der Waals surface area contributed by atoms with Gasteiger partial charge in [0.05, 0.1) is 0 Å². The molecule has 0 aromatic rings. The van der Waals surface area contributed by atoms with Gasteiger partial charge in [0.25, 0.3) is 0 Å². The van der Waals surface area contributed by atoms with Crippen molar-refractivity contribution >= 4 is 17.4 Å². The summed E-state index contributed by atoms with van der Waals surface area (Å²) in [5.74, 6) is 0. The zero-order valence-electron chi connectivity index (χ0n) is 15.0. The van der Waals surface area contributed by atoms with Crippen molar-refractivity contribution in [3.05, 3.63) is 0 Å². The van der Waals surface area contributed by atoms with E-state index >= 15 is 0 Å². The second kappa shape index (κ2) is 11.8. The van der Waals surface area contributed by atoms with Crippen molar-refractivity contribution in [1.82, 2.24) is 0 Å². The Morgan fingerprint density at radius 1 is 0.619 bits per heavy atom. The highest BCUT2D eigenvalue weighted by atomic mass is 28.5. The predicted molar refractivity (Wildman–Crippen MR) is 92.8 cm³/mol. The van der Waals surface area contributed by atoms with Crippen molar-refractivity contribution in [2.75, 3.05) is 19.8 Å². The topological polar surface area (TPSA) is 36.9 Å². The lowest BCUT2D eigenvalue weighted by Crippen LogP contribution is -2.53. The summed E-state index contributed by atoms with van der Waals surface area (Å²) in [5, 5.41) is 0. The van der Waals surface area contributed by atoms with Gasteiger partial charge in [0.15, 0.2) is 0 Å². The Balaban J connectivity index is 4.46. The summed E-state index contributed by atoms with van der Waals surface area (Å²) in [4.78, 5) is 0. The molecule has 0 bridgehead atoms. The molecule has 0 aliphatic heterocycles. The van der Waals surface area contributed by atoms with Crippen LogP contribution in [0.4, 0.5) is 0 Å². The van der Waals surface area contributed by atoms with Gasteiger partial charge in [-0.15, -0.1) is 0 Å². The van der Waals surface area contributed by atoms with E-state index in [2.05, 4.69) is 33.9 Å². The molecule has 6 heteroatoms. The van der Waals surface area contributed by atoms with Crippen LogP contribution in [0.2, 0.25) is 19.6 Å². The Hall–Kier alpha value is 0.274. The molecule has 0 unspecified atom stereocenters. The van der Waals surface area contributed by atoms with Crippen LogP contribution in [-0.2, 0) is 17.4 Å². The van der Waals surface area contributed by atoms with E-state index in [4.69, 9.17) is 17.4 Å². The molecule has 0 heterocycles. The van der Waals surface area contributed by atoms with Gasteiger partial charge in [-0.2, -0.15) is 0 Å². The van der Waals surface area contributed by atoms with Gasteiger partial charge < -0.3 is 17.4 Å². The number of unbranched alkanes of at least 4 members (excludes halogenated alkanes) is 3. The van der Waals surface area contributed by atoms with Crippen molar-refractivity contribution in [1.29, 1.82) is 0 Å². The standard InChI is InChI=1S/C15H36O4Si2/c1-7-10-13-16-20(4,5)19-21(6,17-14-11-8-2)18-15-12-9-3/h7-15H2,1-6H3. The van der Waals surface area contributed by atoms with Crippen LogP contribution in [0.15, 0.2) is 0 Å². The highest BCUT2D eigenvalue weighted by Crippen LogP contribution is 2.19. The summed E-state index contributed by atoms with van der Waals surface area (Å²) >= 11 is 0. The molecule has 0 aliphatic carbocycles. The van der Waals surface area contributed by atoms with E-state index in [1.807, 2.05) is 6.55 Å². The normalized spacial score (nSPS) is 12.9. The molecule has 0 atom stereocenters. The quantitative estimate of drug-likeness (QED) is 0.340. The summed E-state index contributed by atoms with van der Waals surface area (Å²) in [5.41, 5.74) is 0. The van der Waals surface area contributed by atoms with Gasteiger partial charge in [-0.3, -0.25) is 0 Å². The van der Waals surface area contributed by atoms with Crippen LogP contribution in [-0.4, -0.2) is 37.2 Å². The molecule has 0 saturated heterocycles. The molecular weight excluding hydrogens is 300 g/mol. The fourth-order valence-corrected chi connectivity index (χ4v) is 7.87. The molecule has 0 aromatic carbocycles. The minimum atomic E-state index is -2.58. The molecule has 0 fully saturated rings. The lowest BCUT2D eigenvalue weighted by molar-refractivity contribution is 0.0904. The lowest BCUT2D eigenvalue weighted by Gasteiger charge is -2.34. The maximum absolute atomic E-state index is 6.28. The second-order valence-electron chi connectivity index (χ2n) is 5.97. The van der Waals surface area contributed by atoms with Crippen LogP contribution in [0.3, 0.4) is 0 Å². The number of hydrogen-bond acceptors (Lipinski definition) is 4. The molecule has 21 heavy (non-hydrogen) atoms. The number of rotatable bonds is 14. The van der Waals surface area contributed by atoms with Crippen molar-refractivity contribution in [2.24, 2.45) is 0 Å². The first-order valence-electron chi connectivity index (χ1n) is 8.51. The fraction of sp³-hybridized carbons (Fsp3) is 1.00. The monoisotopic (exact) mass is 336 g/mol. The largest absolute Gasteiger partial charge is 0.488 e. The maximum atomic E-state index is 6.28. The molecule has 128 valence electrons. The van der Waals surface area contributed by atoms with Crippen LogP contribution >= 0.6 is 0 Å². The van der Waals surface area contributed by atoms with Crippen molar-refractivity contribution < 1.29 is 17.4 Å². The molecule has 0 aliphatic rings. The zero-order chi connectivity index (χ0) is 16.2. The van der Waals surface area contributed by atoms with Gasteiger partial charge in [-0.05, 0) is 32.4 Å². The first-order chi connectivity index (χ1) is 9.89. The third-order valence-corrected chi connectivity index (χ3v) is 8.91. The lowest BCUT2D eigenvalue weighted by atomic mass is 10.4. The van der Waals surface area contributed by atoms with Gasteiger partial charge in [0.1, 0.15) is 0 Å². The molecule has 0 spiro atoms. The molecule has 4 nitrogen and oxygen atoms in total. The van der Waals surface area contributed by atoms with Crippen LogP contribution in [0.25, 0.3) is 0 Å². The molecule has 0 amide bonds. The maximum Gasteiger partial charge on any atom is 0.488 e.